The highest BCUT2D eigenvalue weighted by atomic mass is 32.2. The zero-order valence-electron chi connectivity index (χ0n) is 15.3. The van der Waals surface area contributed by atoms with Crippen molar-refractivity contribution >= 4 is 15.7 Å². The van der Waals surface area contributed by atoms with Gasteiger partial charge in [-0.25, -0.2) is 5.10 Å². The molecule has 28 heavy (non-hydrogen) atoms. The third-order valence-corrected chi connectivity index (χ3v) is 4.82. The molecule has 0 aliphatic heterocycles. The number of H-pyrrole nitrogens is 1. The quantitative estimate of drug-likeness (QED) is 0.590. The molecule has 0 saturated heterocycles. The van der Waals surface area contributed by atoms with Gasteiger partial charge in [-0.3, -0.25) is 9.52 Å². The number of rotatable bonds is 8. The topological polar surface area (TPSA) is 124 Å². The van der Waals surface area contributed by atoms with Gasteiger partial charge in [0.25, 0.3) is 15.6 Å². The molecule has 2 aromatic heterocycles. The van der Waals surface area contributed by atoms with Crippen LogP contribution in [0.4, 0.5) is 5.69 Å². The lowest BCUT2D eigenvalue weighted by molar-refractivity contribution is 0.332. The van der Waals surface area contributed by atoms with E-state index in [4.69, 9.17) is 13.9 Å². The monoisotopic (exact) mass is 405 g/mol. The summed E-state index contributed by atoms with van der Waals surface area (Å²) in [6, 6.07) is 10.3. The summed E-state index contributed by atoms with van der Waals surface area (Å²) in [4.78, 5) is 11.1. The number of hydrogen-bond acceptors (Lipinski definition) is 7. The molecule has 3 aromatic rings. The molecule has 10 heteroatoms. The fraction of sp³-hybridized carbons (Fsp3) is 0.222. The number of anilines is 1. The van der Waals surface area contributed by atoms with Crippen LogP contribution in [0.1, 0.15) is 13.8 Å². The van der Waals surface area contributed by atoms with Gasteiger partial charge in [-0.05, 0) is 44.2 Å². The lowest BCUT2D eigenvalue weighted by Crippen LogP contribution is -2.13. The molecule has 0 radical (unpaired) electrons. The second-order valence-corrected chi connectivity index (χ2v) is 7.17. The summed E-state index contributed by atoms with van der Waals surface area (Å²) in [6.07, 6.45) is 0. The molecule has 0 saturated carbocycles. The van der Waals surface area contributed by atoms with Crippen LogP contribution >= 0.6 is 0 Å². The van der Waals surface area contributed by atoms with Crippen LogP contribution in [-0.2, 0) is 10.0 Å². The zero-order valence-corrected chi connectivity index (χ0v) is 16.1. The first-order valence-electron chi connectivity index (χ1n) is 8.51. The molecule has 0 bridgehead atoms. The smallest absolute Gasteiger partial charge is 0.295 e. The van der Waals surface area contributed by atoms with Crippen LogP contribution in [0.25, 0.3) is 11.5 Å². The molecule has 2 heterocycles. The highest BCUT2D eigenvalue weighted by molar-refractivity contribution is 7.92. The Morgan fingerprint density at radius 3 is 2.54 bits per heavy atom. The Labute approximate surface area is 161 Å². The van der Waals surface area contributed by atoms with Gasteiger partial charge < -0.3 is 13.9 Å². The highest BCUT2D eigenvalue weighted by Crippen LogP contribution is 2.32. The van der Waals surface area contributed by atoms with Gasteiger partial charge in [0, 0.05) is 12.1 Å². The molecule has 0 aliphatic rings. The zero-order chi connectivity index (χ0) is 20.1. The summed E-state index contributed by atoms with van der Waals surface area (Å²) in [6.45, 7) is 4.43. The van der Waals surface area contributed by atoms with Crippen LogP contribution in [0, 0.1) is 0 Å². The first-order chi connectivity index (χ1) is 13.4. The number of furan rings is 1. The number of aromatic amines is 1. The van der Waals surface area contributed by atoms with Gasteiger partial charge in [0.2, 0.25) is 5.09 Å². The van der Waals surface area contributed by atoms with E-state index in [0.29, 0.717) is 30.4 Å². The van der Waals surface area contributed by atoms with Crippen molar-refractivity contribution in [1.82, 2.24) is 10.2 Å². The number of sulfonamides is 1. The SMILES string of the molecule is CCOc1ccc(OCC)c(NS(=O)(=O)c2ccc(-c3ccc(=O)[nH]n3)o2)c1. The summed E-state index contributed by atoms with van der Waals surface area (Å²) in [5, 5.41) is 5.77. The Hall–Kier alpha value is -3.27. The molecule has 0 unspecified atom stereocenters. The Morgan fingerprint density at radius 1 is 1.07 bits per heavy atom. The Kier molecular flexibility index (Phi) is 5.69. The van der Waals surface area contributed by atoms with Gasteiger partial charge in [0.1, 0.15) is 17.2 Å². The molecule has 9 nitrogen and oxygen atoms in total. The molecule has 0 atom stereocenters. The second kappa shape index (κ2) is 8.17. The lowest BCUT2D eigenvalue weighted by Gasteiger charge is -2.13. The van der Waals surface area contributed by atoms with Crippen LogP contribution in [0.15, 0.2) is 56.8 Å². The van der Waals surface area contributed by atoms with E-state index in [2.05, 4.69) is 14.9 Å². The van der Waals surface area contributed by atoms with Gasteiger partial charge in [-0.2, -0.15) is 13.5 Å². The van der Waals surface area contributed by atoms with Crippen molar-refractivity contribution in [3.8, 4) is 23.0 Å². The summed E-state index contributed by atoms with van der Waals surface area (Å²) in [5.41, 5.74) is 0.157. The maximum absolute atomic E-state index is 12.7. The highest BCUT2D eigenvalue weighted by Gasteiger charge is 2.22. The van der Waals surface area contributed by atoms with E-state index < -0.39 is 10.0 Å². The standard InChI is InChI=1S/C18H19N3O6S/c1-3-25-12-5-7-15(26-4-2)14(11-12)21-28(23,24)18-10-8-16(27-18)13-6-9-17(22)20-19-13/h5-11,21H,3-4H2,1-2H3,(H,20,22). The van der Waals surface area contributed by atoms with E-state index in [0.717, 1.165) is 0 Å². The molecule has 3 rings (SSSR count). The first-order valence-corrected chi connectivity index (χ1v) is 9.99. The average Bonchev–Trinajstić information content (AvgIpc) is 3.16. The summed E-state index contributed by atoms with van der Waals surface area (Å²) < 4.78 is 44.3. The number of ether oxygens (including phenoxy) is 2. The molecule has 1 aromatic carbocycles. The molecular weight excluding hydrogens is 386 g/mol. The minimum atomic E-state index is -4.03. The van der Waals surface area contributed by atoms with Crippen molar-refractivity contribution in [1.29, 1.82) is 0 Å². The van der Waals surface area contributed by atoms with Crippen LogP contribution in [0.3, 0.4) is 0 Å². The molecule has 0 fully saturated rings. The number of nitrogens with zero attached hydrogens (tertiary/aromatic N) is 1. The Morgan fingerprint density at radius 2 is 1.86 bits per heavy atom. The van der Waals surface area contributed by atoms with E-state index in [1.807, 2.05) is 6.92 Å². The normalized spacial score (nSPS) is 11.2. The fourth-order valence-corrected chi connectivity index (χ4v) is 3.40. The minimum absolute atomic E-state index is 0.199. The molecule has 0 amide bonds. The van der Waals surface area contributed by atoms with Crippen molar-refractivity contribution < 1.29 is 22.3 Å². The molecule has 0 spiro atoms. The van der Waals surface area contributed by atoms with Gasteiger partial charge in [0.15, 0.2) is 5.76 Å². The third kappa shape index (κ3) is 4.34. The van der Waals surface area contributed by atoms with Gasteiger partial charge >= 0.3 is 0 Å². The van der Waals surface area contributed by atoms with Crippen molar-refractivity contribution in [2.75, 3.05) is 17.9 Å². The van der Waals surface area contributed by atoms with Gasteiger partial charge in [-0.1, -0.05) is 0 Å². The number of hydrogen-bond donors (Lipinski definition) is 2. The largest absolute Gasteiger partial charge is 0.494 e. The van der Waals surface area contributed by atoms with Crippen molar-refractivity contribution in [3.63, 3.8) is 0 Å². The van der Waals surface area contributed by atoms with Gasteiger partial charge in [-0.15, -0.1) is 0 Å². The van der Waals surface area contributed by atoms with E-state index in [1.54, 1.807) is 25.1 Å². The number of benzene rings is 1. The maximum atomic E-state index is 12.7. The van der Waals surface area contributed by atoms with Gasteiger partial charge in [0.05, 0.1) is 18.9 Å². The molecule has 2 N–H and O–H groups in total. The van der Waals surface area contributed by atoms with Crippen LogP contribution in [0.5, 0.6) is 11.5 Å². The molecule has 148 valence electrons. The van der Waals surface area contributed by atoms with Crippen LogP contribution in [0.2, 0.25) is 0 Å². The first kappa shape index (κ1) is 19.5. The van der Waals surface area contributed by atoms with Crippen LogP contribution < -0.4 is 19.8 Å². The molecular formula is C18H19N3O6S. The van der Waals surface area contributed by atoms with E-state index in [1.165, 1.54) is 24.3 Å². The van der Waals surface area contributed by atoms with Crippen molar-refractivity contribution in [2.24, 2.45) is 0 Å². The van der Waals surface area contributed by atoms with Crippen molar-refractivity contribution in [3.05, 3.63) is 52.8 Å². The summed E-state index contributed by atoms with van der Waals surface area (Å²) in [5.74, 6) is 1.06. The van der Waals surface area contributed by atoms with E-state index in [9.17, 15) is 13.2 Å². The minimum Gasteiger partial charge on any atom is -0.494 e. The fourth-order valence-electron chi connectivity index (χ4n) is 2.41. The Balaban J connectivity index is 1.90. The lowest BCUT2D eigenvalue weighted by atomic mass is 10.3. The predicted octanol–water partition coefficient (Wildman–Crippen LogP) is 2.63. The summed E-state index contributed by atoms with van der Waals surface area (Å²) >= 11 is 0. The second-order valence-electron chi connectivity index (χ2n) is 5.55. The average molecular weight is 405 g/mol. The predicted molar refractivity (Wildman–Crippen MR) is 102 cm³/mol. The Bertz CT molecular complexity index is 1100. The van der Waals surface area contributed by atoms with E-state index in [-0.39, 0.29) is 22.1 Å². The number of nitrogens with one attached hydrogen (secondary N) is 2. The molecule has 0 aliphatic carbocycles. The van der Waals surface area contributed by atoms with Crippen LogP contribution in [-0.4, -0.2) is 31.8 Å². The van der Waals surface area contributed by atoms with E-state index >= 15 is 0 Å². The number of aromatic nitrogens is 2. The van der Waals surface area contributed by atoms with Crippen molar-refractivity contribution in [2.45, 2.75) is 18.9 Å². The summed E-state index contributed by atoms with van der Waals surface area (Å²) in [7, 11) is -4.03. The maximum Gasteiger partial charge on any atom is 0.295 e. The third-order valence-electron chi connectivity index (χ3n) is 3.58.